The molecule has 0 bridgehead atoms. The third-order valence-electron chi connectivity index (χ3n) is 5.32. The molecular weight excluding hydrogens is 244 g/mol. The number of hydrogen-bond acceptors (Lipinski definition) is 2. The summed E-state index contributed by atoms with van der Waals surface area (Å²) in [6.45, 7) is 7.54. The van der Waals surface area contributed by atoms with E-state index in [1.54, 1.807) is 0 Å². The van der Waals surface area contributed by atoms with Gasteiger partial charge >= 0.3 is 0 Å². The summed E-state index contributed by atoms with van der Waals surface area (Å²) in [5.74, 6) is 0.669. The quantitative estimate of drug-likeness (QED) is 0.904. The number of hydrogen-bond donors (Lipinski definition) is 1. The van der Waals surface area contributed by atoms with E-state index in [0.717, 1.165) is 6.54 Å². The number of benzene rings is 1. The van der Waals surface area contributed by atoms with Gasteiger partial charge in [0.25, 0.3) is 0 Å². The van der Waals surface area contributed by atoms with Gasteiger partial charge in [0.1, 0.15) is 0 Å². The van der Waals surface area contributed by atoms with Gasteiger partial charge in [-0.3, -0.25) is 4.90 Å². The minimum Gasteiger partial charge on any atom is -0.330 e. The van der Waals surface area contributed by atoms with Crippen molar-refractivity contribution in [3.63, 3.8) is 0 Å². The molecule has 0 radical (unpaired) electrons. The lowest BCUT2D eigenvalue weighted by Crippen LogP contribution is -2.44. The molecule has 0 aliphatic heterocycles. The molecule has 1 aliphatic carbocycles. The van der Waals surface area contributed by atoms with Crippen molar-refractivity contribution in [3.05, 3.63) is 34.9 Å². The van der Waals surface area contributed by atoms with Gasteiger partial charge in [-0.2, -0.15) is 0 Å². The van der Waals surface area contributed by atoms with Gasteiger partial charge in [0.2, 0.25) is 0 Å². The summed E-state index contributed by atoms with van der Waals surface area (Å²) in [5.41, 5.74) is 10.2. The maximum atomic E-state index is 5.99. The predicted molar refractivity (Wildman–Crippen MR) is 86.9 cm³/mol. The molecule has 3 atom stereocenters. The molecule has 2 heteroatoms. The van der Waals surface area contributed by atoms with Crippen LogP contribution >= 0.6 is 0 Å². The second-order valence-electron chi connectivity index (χ2n) is 6.53. The van der Waals surface area contributed by atoms with Crippen molar-refractivity contribution in [2.45, 2.75) is 58.5 Å². The van der Waals surface area contributed by atoms with Gasteiger partial charge in [-0.25, -0.2) is 0 Å². The van der Waals surface area contributed by atoms with Gasteiger partial charge in [0.05, 0.1) is 0 Å². The Kier molecular flexibility index (Phi) is 5.22. The van der Waals surface area contributed by atoms with Gasteiger partial charge in [-0.1, -0.05) is 31.0 Å². The standard InChI is InChI=1S/C18H30N2/c1-13-9-10-16(11-14(13)2)15(3)20(4)18-8-6-5-7-17(18)12-19/h9-11,15,17-18H,5-8,12,19H2,1-4H3. The summed E-state index contributed by atoms with van der Waals surface area (Å²) < 4.78 is 0. The number of aryl methyl sites for hydroxylation is 2. The first-order valence-electron chi connectivity index (χ1n) is 8.03. The van der Waals surface area contributed by atoms with E-state index in [4.69, 9.17) is 5.73 Å². The van der Waals surface area contributed by atoms with Crippen LogP contribution < -0.4 is 5.73 Å². The predicted octanol–water partition coefficient (Wildman–Crippen LogP) is 3.81. The molecule has 1 aromatic rings. The van der Waals surface area contributed by atoms with Crippen LogP contribution in [0.1, 0.15) is 55.3 Å². The first kappa shape index (κ1) is 15.5. The Balaban J connectivity index is 2.14. The Morgan fingerprint density at radius 2 is 1.90 bits per heavy atom. The van der Waals surface area contributed by atoms with Crippen molar-refractivity contribution in [1.82, 2.24) is 4.90 Å². The average molecular weight is 274 g/mol. The molecule has 20 heavy (non-hydrogen) atoms. The smallest absolute Gasteiger partial charge is 0.0319 e. The van der Waals surface area contributed by atoms with Crippen LogP contribution in [0.15, 0.2) is 18.2 Å². The zero-order valence-electron chi connectivity index (χ0n) is 13.5. The SMILES string of the molecule is Cc1ccc(C(C)N(C)C2CCCCC2CN)cc1C. The zero-order valence-corrected chi connectivity index (χ0v) is 13.5. The van der Waals surface area contributed by atoms with E-state index in [1.807, 2.05) is 0 Å². The molecule has 0 aromatic heterocycles. The minimum absolute atomic E-state index is 0.464. The fraction of sp³-hybridized carbons (Fsp3) is 0.667. The molecule has 112 valence electrons. The van der Waals surface area contributed by atoms with Crippen LogP contribution in [-0.2, 0) is 0 Å². The van der Waals surface area contributed by atoms with E-state index in [2.05, 4.69) is 50.9 Å². The number of nitrogens with zero attached hydrogens (tertiary/aromatic N) is 1. The van der Waals surface area contributed by atoms with Gasteiger partial charge in [-0.05, 0) is 69.8 Å². The summed E-state index contributed by atoms with van der Waals surface area (Å²) in [4.78, 5) is 2.56. The van der Waals surface area contributed by atoms with E-state index in [1.165, 1.54) is 42.4 Å². The van der Waals surface area contributed by atoms with E-state index >= 15 is 0 Å². The zero-order chi connectivity index (χ0) is 14.7. The Bertz CT molecular complexity index is 441. The molecule has 2 N–H and O–H groups in total. The maximum Gasteiger partial charge on any atom is 0.0319 e. The van der Waals surface area contributed by atoms with Gasteiger partial charge in [0, 0.05) is 12.1 Å². The Hall–Kier alpha value is -0.860. The Morgan fingerprint density at radius 1 is 1.20 bits per heavy atom. The normalized spacial score (nSPS) is 24.9. The van der Waals surface area contributed by atoms with Crippen molar-refractivity contribution in [2.75, 3.05) is 13.6 Å². The summed E-state index contributed by atoms with van der Waals surface area (Å²) in [7, 11) is 2.28. The lowest BCUT2D eigenvalue weighted by atomic mass is 9.83. The Labute approximate surface area is 124 Å². The largest absolute Gasteiger partial charge is 0.330 e. The molecule has 0 amide bonds. The van der Waals surface area contributed by atoms with Gasteiger partial charge in [0.15, 0.2) is 0 Å². The molecule has 0 saturated heterocycles. The molecule has 1 aliphatic rings. The van der Waals surface area contributed by atoms with E-state index < -0.39 is 0 Å². The molecule has 1 aromatic carbocycles. The number of rotatable bonds is 4. The summed E-state index contributed by atoms with van der Waals surface area (Å²) >= 11 is 0. The fourth-order valence-electron chi connectivity index (χ4n) is 3.55. The molecule has 2 nitrogen and oxygen atoms in total. The summed E-state index contributed by atoms with van der Waals surface area (Å²) in [5, 5.41) is 0. The van der Waals surface area contributed by atoms with E-state index in [0.29, 0.717) is 18.0 Å². The van der Waals surface area contributed by atoms with Crippen LogP contribution in [0.25, 0.3) is 0 Å². The third-order valence-corrected chi connectivity index (χ3v) is 5.32. The van der Waals surface area contributed by atoms with Crippen LogP contribution in [0.3, 0.4) is 0 Å². The van der Waals surface area contributed by atoms with Crippen LogP contribution in [0, 0.1) is 19.8 Å². The molecule has 1 saturated carbocycles. The fourth-order valence-corrected chi connectivity index (χ4v) is 3.55. The highest BCUT2D eigenvalue weighted by atomic mass is 15.2. The Morgan fingerprint density at radius 3 is 2.55 bits per heavy atom. The van der Waals surface area contributed by atoms with Gasteiger partial charge < -0.3 is 5.73 Å². The lowest BCUT2D eigenvalue weighted by Gasteiger charge is -2.41. The maximum absolute atomic E-state index is 5.99. The van der Waals surface area contributed by atoms with Crippen LogP contribution in [0.5, 0.6) is 0 Å². The molecule has 0 heterocycles. The van der Waals surface area contributed by atoms with E-state index in [9.17, 15) is 0 Å². The van der Waals surface area contributed by atoms with Crippen LogP contribution in [0.2, 0.25) is 0 Å². The summed E-state index contributed by atoms with van der Waals surface area (Å²) in [6.07, 6.45) is 5.30. The lowest BCUT2D eigenvalue weighted by molar-refractivity contribution is 0.0989. The minimum atomic E-state index is 0.464. The topological polar surface area (TPSA) is 29.3 Å². The molecule has 2 rings (SSSR count). The number of nitrogens with two attached hydrogens (primary N) is 1. The van der Waals surface area contributed by atoms with Crippen molar-refractivity contribution >= 4 is 0 Å². The van der Waals surface area contributed by atoms with Crippen molar-refractivity contribution in [2.24, 2.45) is 11.7 Å². The molecular formula is C18H30N2. The van der Waals surface area contributed by atoms with Gasteiger partial charge in [-0.15, -0.1) is 0 Å². The highest BCUT2D eigenvalue weighted by Crippen LogP contribution is 2.32. The first-order valence-corrected chi connectivity index (χ1v) is 8.03. The molecule has 0 spiro atoms. The van der Waals surface area contributed by atoms with Crippen molar-refractivity contribution in [1.29, 1.82) is 0 Å². The van der Waals surface area contributed by atoms with Crippen molar-refractivity contribution < 1.29 is 0 Å². The molecule has 3 unspecified atom stereocenters. The second kappa shape index (κ2) is 6.73. The average Bonchev–Trinajstić information content (AvgIpc) is 2.48. The second-order valence-corrected chi connectivity index (χ2v) is 6.53. The monoisotopic (exact) mass is 274 g/mol. The highest BCUT2D eigenvalue weighted by molar-refractivity contribution is 5.31. The molecule has 1 fully saturated rings. The van der Waals surface area contributed by atoms with Crippen LogP contribution in [0.4, 0.5) is 0 Å². The highest BCUT2D eigenvalue weighted by Gasteiger charge is 2.29. The van der Waals surface area contributed by atoms with Crippen LogP contribution in [-0.4, -0.2) is 24.5 Å². The van der Waals surface area contributed by atoms with Crippen molar-refractivity contribution in [3.8, 4) is 0 Å². The first-order chi connectivity index (χ1) is 9.54. The van der Waals surface area contributed by atoms with E-state index in [-0.39, 0.29) is 0 Å². The third kappa shape index (κ3) is 3.24. The summed E-state index contributed by atoms with van der Waals surface area (Å²) in [6, 6.07) is 7.98.